The normalized spacial score (nSPS) is 23.2. The Morgan fingerprint density at radius 2 is 2.00 bits per heavy atom. The molecule has 148 valence electrons. The summed E-state index contributed by atoms with van der Waals surface area (Å²) in [4.78, 5) is 35.1. The zero-order valence-corrected chi connectivity index (χ0v) is 16.1. The van der Waals surface area contributed by atoms with E-state index in [1.54, 1.807) is 0 Å². The quantitative estimate of drug-likeness (QED) is 0.463. The molecule has 0 spiro atoms. The van der Waals surface area contributed by atoms with Gasteiger partial charge in [-0.25, -0.2) is 4.79 Å². The summed E-state index contributed by atoms with van der Waals surface area (Å²) < 4.78 is 10.1. The Morgan fingerprint density at radius 3 is 2.63 bits per heavy atom. The zero-order valence-electron chi connectivity index (χ0n) is 16.1. The first-order valence-corrected chi connectivity index (χ1v) is 9.08. The fourth-order valence-electron chi connectivity index (χ4n) is 3.33. The van der Waals surface area contributed by atoms with E-state index in [2.05, 4.69) is 19.2 Å². The fraction of sp³-hybridized carbons (Fsp3) is 0.579. The molecule has 1 aromatic rings. The molecule has 1 aliphatic rings. The van der Waals surface area contributed by atoms with Gasteiger partial charge >= 0.3 is 11.7 Å². The standard InChI is InChI=1S/C19H26N2O6/c1-11-6-5-7-15(12(11)2)20-18(22)13(3)27-19(23)14-8-9-17(26-4)16(10-14)21(24)25/h8-13,15H,5-7H2,1-4H3,(H,20,22)/t11-,12+,13+,15+/m0/s1. The second-order valence-electron chi connectivity index (χ2n) is 7.07. The van der Waals surface area contributed by atoms with E-state index in [9.17, 15) is 19.7 Å². The first kappa shape index (κ1) is 20.7. The number of nitrogens with zero attached hydrogens (tertiary/aromatic N) is 1. The van der Waals surface area contributed by atoms with Gasteiger partial charge in [-0.05, 0) is 37.3 Å². The minimum Gasteiger partial charge on any atom is -0.490 e. The van der Waals surface area contributed by atoms with Crippen molar-refractivity contribution in [3.8, 4) is 5.75 Å². The maximum atomic E-state index is 12.4. The summed E-state index contributed by atoms with van der Waals surface area (Å²) in [5.41, 5.74) is -0.351. The smallest absolute Gasteiger partial charge is 0.339 e. The molecule has 1 N–H and O–H groups in total. The predicted molar refractivity (Wildman–Crippen MR) is 98.6 cm³/mol. The summed E-state index contributed by atoms with van der Waals surface area (Å²) in [6, 6.07) is 3.83. The van der Waals surface area contributed by atoms with Crippen molar-refractivity contribution < 1.29 is 24.0 Å². The first-order valence-electron chi connectivity index (χ1n) is 9.08. The monoisotopic (exact) mass is 378 g/mol. The van der Waals surface area contributed by atoms with Crippen molar-refractivity contribution >= 4 is 17.6 Å². The molecule has 0 heterocycles. The lowest BCUT2D eigenvalue weighted by Gasteiger charge is -2.35. The lowest BCUT2D eigenvalue weighted by Crippen LogP contribution is -2.47. The zero-order chi connectivity index (χ0) is 20.1. The molecule has 0 radical (unpaired) electrons. The fourth-order valence-corrected chi connectivity index (χ4v) is 3.33. The van der Waals surface area contributed by atoms with E-state index in [4.69, 9.17) is 9.47 Å². The van der Waals surface area contributed by atoms with E-state index < -0.39 is 17.0 Å². The Kier molecular flexibility index (Phi) is 6.76. The number of nitrogens with one attached hydrogen (secondary N) is 1. The molecule has 8 nitrogen and oxygen atoms in total. The predicted octanol–water partition coefficient (Wildman–Crippen LogP) is 3.09. The Bertz CT molecular complexity index is 720. The van der Waals surface area contributed by atoms with Crippen LogP contribution in [0.4, 0.5) is 5.69 Å². The number of esters is 1. The highest BCUT2D eigenvalue weighted by Crippen LogP contribution is 2.30. The third-order valence-electron chi connectivity index (χ3n) is 5.30. The molecule has 0 unspecified atom stereocenters. The largest absolute Gasteiger partial charge is 0.490 e. The maximum absolute atomic E-state index is 12.4. The molecular weight excluding hydrogens is 352 g/mol. The molecule has 1 saturated carbocycles. The molecule has 0 aromatic heterocycles. The van der Waals surface area contributed by atoms with Crippen LogP contribution in [0.2, 0.25) is 0 Å². The Hall–Kier alpha value is -2.64. The van der Waals surface area contributed by atoms with Crippen LogP contribution in [-0.4, -0.2) is 36.1 Å². The van der Waals surface area contributed by atoms with Gasteiger partial charge in [0.15, 0.2) is 11.9 Å². The lowest BCUT2D eigenvalue weighted by atomic mass is 9.78. The summed E-state index contributed by atoms with van der Waals surface area (Å²) in [6.07, 6.45) is 2.11. The van der Waals surface area contributed by atoms with E-state index in [1.165, 1.54) is 26.2 Å². The number of nitro benzene ring substituents is 1. The molecule has 0 saturated heterocycles. The van der Waals surface area contributed by atoms with Crippen molar-refractivity contribution in [3.63, 3.8) is 0 Å². The second-order valence-corrected chi connectivity index (χ2v) is 7.07. The van der Waals surface area contributed by atoms with E-state index in [-0.39, 0.29) is 28.9 Å². The summed E-state index contributed by atoms with van der Waals surface area (Å²) in [5, 5.41) is 14.0. The second kappa shape index (κ2) is 8.83. The van der Waals surface area contributed by atoms with Crippen LogP contribution in [0.25, 0.3) is 0 Å². The molecule has 1 fully saturated rings. The number of hydrogen-bond donors (Lipinski definition) is 1. The number of hydrogen-bond acceptors (Lipinski definition) is 6. The van der Waals surface area contributed by atoms with Crippen LogP contribution in [0.5, 0.6) is 5.75 Å². The average molecular weight is 378 g/mol. The van der Waals surface area contributed by atoms with Crippen LogP contribution in [0, 0.1) is 22.0 Å². The highest BCUT2D eigenvalue weighted by molar-refractivity contribution is 5.93. The number of carbonyl (C=O) groups excluding carboxylic acids is 2. The molecular formula is C19H26N2O6. The van der Waals surface area contributed by atoms with Gasteiger partial charge in [-0.15, -0.1) is 0 Å². The minimum absolute atomic E-state index is 0.0122. The van der Waals surface area contributed by atoms with Crippen molar-refractivity contribution in [3.05, 3.63) is 33.9 Å². The van der Waals surface area contributed by atoms with Crippen molar-refractivity contribution in [2.75, 3.05) is 7.11 Å². The van der Waals surface area contributed by atoms with Gasteiger partial charge in [-0.2, -0.15) is 0 Å². The summed E-state index contributed by atoms with van der Waals surface area (Å²) in [5.74, 6) is -0.231. The molecule has 2 rings (SSSR count). The molecule has 0 bridgehead atoms. The lowest BCUT2D eigenvalue weighted by molar-refractivity contribution is -0.385. The number of methoxy groups -OCH3 is 1. The molecule has 1 aliphatic carbocycles. The number of rotatable bonds is 6. The molecule has 8 heteroatoms. The van der Waals surface area contributed by atoms with Crippen molar-refractivity contribution in [2.24, 2.45) is 11.8 Å². The third kappa shape index (κ3) is 4.96. The van der Waals surface area contributed by atoms with Gasteiger partial charge in [0.1, 0.15) is 0 Å². The van der Waals surface area contributed by atoms with Crippen LogP contribution in [0.15, 0.2) is 18.2 Å². The number of amides is 1. The van der Waals surface area contributed by atoms with Gasteiger partial charge in [0.25, 0.3) is 5.91 Å². The highest BCUT2D eigenvalue weighted by Gasteiger charge is 2.30. The SMILES string of the molecule is COc1ccc(C(=O)O[C@H](C)C(=O)N[C@@H]2CCC[C@H](C)[C@H]2C)cc1[N+](=O)[O-]. The molecule has 1 amide bonds. The molecule has 27 heavy (non-hydrogen) atoms. The van der Waals surface area contributed by atoms with Gasteiger partial charge in [0.05, 0.1) is 17.6 Å². The number of benzene rings is 1. The highest BCUT2D eigenvalue weighted by atomic mass is 16.6. The van der Waals surface area contributed by atoms with Gasteiger partial charge in [-0.1, -0.05) is 26.7 Å². The van der Waals surface area contributed by atoms with Crippen LogP contribution >= 0.6 is 0 Å². The Morgan fingerprint density at radius 1 is 1.30 bits per heavy atom. The number of nitro groups is 1. The van der Waals surface area contributed by atoms with E-state index in [0.29, 0.717) is 11.8 Å². The van der Waals surface area contributed by atoms with Crippen LogP contribution < -0.4 is 10.1 Å². The van der Waals surface area contributed by atoms with E-state index in [0.717, 1.165) is 25.3 Å². The van der Waals surface area contributed by atoms with Crippen LogP contribution in [0.3, 0.4) is 0 Å². The minimum atomic E-state index is -0.997. The van der Waals surface area contributed by atoms with Crippen LogP contribution in [0.1, 0.15) is 50.4 Å². The molecule has 0 aliphatic heterocycles. The first-order chi connectivity index (χ1) is 12.7. The van der Waals surface area contributed by atoms with Crippen molar-refractivity contribution in [1.29, 1.82) is 0 Å². The Labute approximate surface area is 158 Å². The van der Waals surface area contributed by atoms with E-state index >= 15 is 0 Å². The van der Waals surface area contributed by atoms with Crippen molar-refractivity contribution in [1.82, 2.24) is 5.32 Å². The molecule has 4 atom stereocenters. The van der Waals surface area contributed by atoms with Gasteiger partial charge in [0.2, 0.25) is 0 Å². The Balaban J connectivity index is 2.01. The third-order valence-corrected chi connectivity index (χ3v) is 5.30. The van der Waals surface area contributed by atoms with Crippen LogP contribution in [-0.2, 0) is 9.53 Å². The van der Waals surface area contributed by atoms with Gasteiger partial charge in [0, 0.05) is 12.1 Å². The topological polar surface area (TPSA) is 108 Å². The average Bonchev–Trinajstić information content (AvgIpc) is 2.64. The maximum Gasteiger partial charge on any atom is 0.339 e. The van der Waals surface area contributed by atoms with Gasteiger partial charge in [-0.3, -0.25) is 14.9 Å². The van der Waals surface area contributed by atoms with Gasteiger partial charge < -0.3 is 14.8 Å². The number of carbonyl (C=O) groups is 2. The number of ether oxygens (including phenoxy) is 2. The van der Waals surface area contributed by atoms with E-state index in [1.807, 2.05) is 0 Å². The summed E-state index contributed by atoms with van der Waals surface area (Å²) >= 11 is 0. The summed E-state index contributed by atoms with van der Waals surface area (Å²) in [6.45, 7) is 5.77. The van der Waals surface area contributed by atoms with Crippen molar-refractivity contribution in [2.45, 2.75) is 52.2 Å². The molecule has 1 aromatic carbocycles. The summed E-state index contributed by atoms with van der Waals surface area (Å²) in [7, 11) is 1.31.